The lowest BCUT2D eigenvalue weighted by molar-refractivity contribution is -0.423. The molecule has 5 fully saturated rings. The third-order valence-electron chi connectivity index (χ3n) is 15.0. The maximum Gasteiger partial charge on any atom is 0.338 e. The number of aliphatic hydroxyl groups excluding tert-OH is 14. The van der Waals surface area contributed by atoms with Crippen LogP contribution in [0.25, 0.3) is 12.2 Å². The van der Waals surface area contributed by atoms with E-state index in [1.165, 1.54) is 86.0 Å². The standard InChI is InChI=1S/C56H70O32/c1-76-29-17-25(9-14-28(29)63)11-15-35(64)77-23-56(50(39(68)32(20-59)87-56)86-51(75)26-5-3-2-4-6-26)88-55-49(85-53-44(73)41(70)38(67)31(19-58)79-53)48(47(34(22-61)81-55)82-36(65)16-10-24-7-12-27(62)13-8-24)84-54-45(74)42(71)46(33(21-60)80-54)83-52-43(72)40(69)37(66)30(18-57)78-52/h2-17,30-34,37-50,52-55,57-63,66-74H,18-23H2,1H3/b15-11+,16-10+/t30-,31-,32-,33-,34-,37-,38-,39-,40+,41+,42-,43-,44-,45-,46-,47-,48+,49-,50-,52+,53+,54-,55-,56+/m1/s1. The van der Waals surface area contributed by atoms with Crippen molar-refractivity contribution in [2.45, 2.75) is 147 Å². The third-order valence-corrected chi connectivity index (χ3v) is 15.0. The molecule has 3 aromatic rings. The molecule has 8 rings (SSSR count). The lowest BCUT2D eigenvalue weighted by Crippen LogP contribution is -2.69. The maximum atomic E-state index is 14.0. The van der Waals surface area contributed by atoms with Crippen molar-refractivity contribution in [1.29, 1.82) is 0 Å². The van der Waals surface area contributed by atoms with Crippen LogP contribution in [0.5, 0.6) is 17.2 Å². The monoisotopic (exact) mass is 1250 g/mol. The zero-order valence-electron chi connectivity index (χ0n) is 46.4. The van der Waals surface area contributed by atoms with Gasteiger partial charge < -0.3 is 143 Å². The van der Waals surface area contributed by atoms with E-state index in [0.29, 0.717) is 5.56 Å². The second kappa shape index (κ2) is 30.2. The maximum absolute atomic E-state index is 14.0. The van der Waals surface area contributed by atoms with Crippen molar-refractivity contribution in [1.82, 2.24) is 0 Å². The Morgan fingerprint density at radius 3 is 1.58 bits per heavy atom. The summed E-state index contributed by atoms with van der Waals surface area (Å²) in [6.45, 7) is -6.66. The number of phenols is 2. The largest absolute Gasteiger partial charge is 0.508 e. The summed E-state index contributed by atoms with van der Waals surface area (Å²) in [5.41, 5.74) is 0.482. The van der Waals surface area contributed by atoms with Gasteiger partial charge >= 0.3 is 17.9 Å². The second-order valence-corrected chi connectivity index (χ2v) is 20.8. The van der Waals surface area contributed by atoms with E-state index in [1.807, 2.05) is 0 Å². The predicted molar refractivity (Wildman–Crippen MR) is 285 cm³/mol. The van der Waals surface area contributed by atoms with Gasteiger partial charge in [0.2, 0.25) is 5.79 Å². The minimum Gasteiger partial charge on any atom is -0.508 e. The van der Waals surface area contributed by atoms with Gasteiger partial charge in [0.25, 0.3) is 0 Å². The quantitative estimate of drug-likeness (QED) is 0.0239. The fourth-order valence-electron chi connectivity index (χ4n) is 10.2. The van der Waals surface area contributed by atoms with Crippen molar-refractivity contribution < 1.29 is 158 Å². The highest BCUT2D eigenvalue weighted by atomic mass is 16.8. The number of ether oxygens (including phenoxy) is 13. The number of aromatic hydroxyl groups is 2. The number of esters is 3. The highest BCUT2D eigenvalue weighted by molar-refractivity contribution is 5.90. The molecule has 32 nitrogen and oxygen atoms in total. The molecule has 0 saturated carbocycles. The molecule has 24 atom stereocenters. The molecule has 3 aromatic carbocycles. The molecular formula is C56H70O32. The summed E-state index contributed by atoms with van der Waals surface area (Å²) in [7, 11) is 1.28. The first kappa shape index (κ1) is 68.0. The Morgan fingerprint density at radius 1 is 0.500 bits per heavy atom. The Kier molecular flexibility index (Phi) is 23.3. The third kappa shape index (κ3) is 15.3. The van der Waals surface area contributed by atoms with Gasteiger partial charge in [0.15, 0.2) is 48.9 Å². The molecule has 0 aromatic heterocycles. The topological polar surface area (TPSA) is 495 Å². The van der Waals surface area contributed by atoms with Crippen LogP contribution in [0.4, 0.5) is 0 Å². The minimum absolute atomic E-state index is 0.0207. The van der Waals surface area contributed by atoms with E-state index in [1.54, 1.807) is 6.07 Å². The van der Waals surface area contributed by atoms with Crippen molar-refractivity contribution in [3.8, 4) is 17.2 Å². The van der Waals surface area contributed by atoms with Crippen LogP contribution < -0.4 is 4.74 Å². The molecule has 0 radical (unpaired) electrons. The normalized spacial score (nSPS) is 37.8. The van der Waals surface area contributed by atoms with Crippen LogP contribution in [0.2, 0.25) is 0 Å². The zero-order chi connectivity index (χ0) is 63.7. The molecular weight excluding hydrogens is 1180 g/mol. The Hall–Kier alpha value is -5.97. The fraction of sp³-hybridized carbons (Fsp3) is 0.554. The number of benzene rings is 3. The summed E-state index contributed by atoms with van der Waals surface area (Å²) in [6.07, 6.45) is -44.1. The summed E-state index contributed by atoms with van der Waals surface area (Å²) in [5, 5.41) is 173. The van der Waals surface area contributed by atoms with Crippen LogP contribution in [-0.2, 0) is 66.4 Å². The molecule has 0 spiro atoms. The molecule has 486 valence electrons. The molecule has 5 aliphatic heterocycles. The molecule has 0 amide bonds. The smallest absolute Gasteiger partial charge is 0.338 e. The summed E-state index contributed by atoms with van der Waals surface area (Å²) < 4.78 is 77.0. The fourth-order valence-corrected chi connectivity index (χ4v) is 10.2. The number of aliphatic hydroxyl groups is 14. The van der Waals surface area contributed by atoms with Gasteiger partial charge in [0.05, 0.1) is 45.7 Å². The number of phenolic OH excluding ortho intramolecular Hbond substituents is 2. The molecule has 0 aliphatic carbocycles. The second-order valence-electron chi connectivity index (χ2n) is 20.8. The number of hydrogen-bond acceptors (Lipinski definition) is 32. The van der Waals surface area contributed by atoms with Gasteiger partial charge in [-0.15, -0.1) is 0 Å². The van der Waals surface area contributed by atoms with Crippen LogP contribution in [0.15, 0.2) is 84.9 Å². The molecule has 88 heavy (non-hydrogen) atoms. The summed E-state index contributed by atoms with van der Waals surface area (Å²) >= 11 is 0. The average Bonchev–Trinajstić information content (AvgIpc) is 1.44. The van der Waals surface area contributed by atoms with Gasteiger partial charge in [-0.1, -0.05) is 36.4 Å². The highest BCUT2D eigenvalue weighted by Crippen LogP contribution is 2.43. The van der Waals surface area contributed by atoms with Crippen LogP contribution in [0.3, 0.4) is 0 Å². The Balaban J connectivity index is 1.23. The number of hydrogen-bond donors (Lipinski definition) is 16. The van der Waals surface area contributed by atoms with Crippen molar-refractivity contribution in [3.05, 3.63) is 102 Å². The van der Waals surface area contributed by atoms with Gasteiger partial charge in [-0.05, 0) is 59.7 Å². The summed E-state index contributed by atoms with van der Waals surface area (Å²) in [5.74, 6) is -6.96. The number of carbonyl (C=O) groups is 3. The van der Waals surface area contributed by atoms with Gasteiger partial charge in [0, 0.05) is 12.2 Å². The molecule has 0 unspecified atom stereocenters. The van der Waals surface area contributed by atoms with Crippen LogP contribution in [-0.4, -0.2) is 293 Å². The van der Waals surface area contributed by atoms with Crippen LogP contribution in [0.1, 0.15) is 21.5 Å². The van der Waals surface area contributed by atoms with E-state index in [9.17, 15) is 96.1 Å². The minimum atomic E-state index is -2.96. The van der Waals surface area contributed by atoms with Gasteiger partial charge in [-0.2, -0.15) is 0 Å². The van der Waals surface area contributed by atoms with E-state index >= 15 is 0 Å². The van der Waals surface area contributed by atoms with E-state index in [0.717, 1.165) is 12.2 Å². The predicted octanol–water partition coefficient (Wildman–Crippen LogP) is -6.11. The van der Waals surface area contributed by atoms with Gasteiger partial charge in [-0.3, -0.25) is 0 Å². The molecule has 32 heteroatoms. The zero-order valence-corrected chi connectivity index (χ0v) is 46.4. The highest BCUT2D eigenvalue weighted by Gasteiger charge is 2.64. The molecule has 5 heterocycles. The Morgan fingerprint density at radius 2 is 1.00 bits per heavy atom. The first-order valence-electron chi connectivity index (χ1n) is 27.4. The van der Waals surface area contributed by atoms with Crippen molar-refractivity contribution in [3.63, 3.8) is 0 Å². The first-order chi connectivity index (χ1) is 42.1. The van der Waals surface area contributed by atoms with Crippen molar-refractivity contribution >= 4 is 30.1 Å². The summed E-state index contributed by atoms with van der Waals surface area (Å²) in [4.78, 5) is 41.8. The lowest BCUT2D eigenvalue weighted by atomic mass is 9.95. The van der Waals surface area contributed by atoms with Gasteiger partial charge in [0.1, 0.15) is 116 Å². The number of carbonyl (C=O) groups excluding carboxylic acids is 3. The first-order valence-corrected chi connectivity index (χ1v) is 27.4. The van der Waals surface area contributed by atoms with Crippen molar-refractivity contribution in [2.24, 2.45) is 0 Å². The molecule has 0 bridgehead atoms. The van der Waals surface area contributed by atoms with Crippen LogP contribution >= 0.6 is 0 Å². The SMILES string of the molecule is COc1cc(/C=C/C(=O)OC[C@@]2(O[C@H]3O[C@H](CO)[C@@H](OC(=O)/C=C/c4ccc(O)cc4)[C@H](O[C@H]4O[C@H](CO)[C@@H](O[C@@H]5O[C@H](CO)[C@@H](O)[C@H](O)[C@H]5O)[C@H](O)[C@H]4O)[C@H]3O[C@@H]3O[C@H](CO)[C@@H](O)[C@H](O)[C@H]3O)O[C@H](CO)[C@@H](O)[C@H]2OC(=O)c2ccccc2)ccc1O. The van der Waals surface area contributed by atoms with Crippen molar-refractivity contribution in [2.75, 3.05) is 46.8 Å². The summed E-state index contributed by atoms with van der Waals surface area (Å²) in [6, 6.07) is 16.5. The molecule has 5 aliphatic rings. The van der Waals surface area contributed by atoms with Gasteiger partial charge in [-0.25, -0.2) is 14.4 Å². The molecule has 5 saturated heterocycles. The van der Waals surface area contributed by atoms with E-state index in [4.69, 9.17) is 61.6 Å². The Bertz CT molecular complexity index is 2800. The van der Waals surface area contributed by atoms with Crippen LogP contribution in [0, 0.1) is 0 Å². The number of rotatable bonds is 23. The lowest BCUT2D eigenvalue weighted by Gasteiger charge is -2.51. The molecule has 16 N–H and O–H groups in total. The average molecular weight is 1260 g/mol. The van der Waals surface area contributed by atoms with E-state index in [2.05, 4.69) is 0 Å². The van der Waals surface area contributed by atoms with E-state index in [-0.39, 0.29) is 28.4 Å². The Labute approximate surface area is 499 Å². The van der Waals surface area contributed by atoms with E-state index < -0.39 is 204 Å². The number of methoxy groups -OCH3 is 1.